The van der Waals surface area contributed by atoms with E-state index < -0.39 is 0 Å². The maximum Gasteiger partial charge on any atom is 0.0237 e. The molecule has 5 unspecified atom stereocenters. The Morgan fingerprint density at radius 3 is 1.96 bits per heavy atom. The number of hydrogen-bond acceptors (Lipinski definition) is 1. The van der Waals surface area contributed by atoms with Crippen LogP contribution < -0.4 is 0 Å². The lowest BCUT2D eigenvalue weighted by Crippen LogP contribution is -2.69. The summed E-state index contributed by atoms with van der Waals surface area (Å²) in [6.45, 7) is 27.7. The first-order valence-corrected chi connectivity index (χ1v) is 10.8. The SMILES string of the molecule is CC1CC(C)(C)C(C(C)(C)CC(C)(C)C)CC(C)(C)N2C1C1CC12C. The van der Waals surface area contributed by atoms with Crippen molar-refractivity contribution in [2.45, 2.75) is 119 Å². The zero-order valence-corrected chi connectivity index (χ0v) is 19.1. The molecule has 3 fully saturated rings. The molecule has 0 amide bonds. The van der Waals surface area contributed by atoms with Gasteiger partial charge in [-0.3, -0.25) is 4.90 Å². The summed E-state index contributed by atoms with van der Waals surface area (Å²) in [6.07, 6.45) is 5.48. The lowest BCUT2D eigenvalue weighted by atomic mass is 9.53. The fraction of sp³-hybridized carbons (Fsp3) is 1.00. The van der Waals surface area contributed by atoms with Crippen LogP contribution in [0.5, 0.6) is 0 Å². The molecule has 2 aliphatic heterocycles. The van der Waals surface area contributed by atoms with Crippen LogP contribution in [0, 0.1) is 34.0 Å². The number of fused-ring (bicyclic) bond motifs is 4. The van der Waals surface area contributed by atoms with Gasteiger partial charge >= 0.3 is 0 Å². The summed E-state index contributed by atoms with van der Waals surface area (Å²) < 4.78 is 0. The van der Waals surface area contributed by atoms with Crippen LogP contribution in [0.25, 0.3) is 0 Å². The molecule has 25 heavy (non-hydrogen) atoms. The molecule has 0 radical (unpaired) electrons. The molecular weight excluding hydrogens is 302 g/mol. The summed E-state index contributed by atoms with van der Waals surface area (Å²) in [4.78, 5) is 2.96. The molecule has 146 valence electrons. The third kappa shape index (κ3) is 3.11. The fourth-order valence-corrected chi connectivity index (χ4v) is 8.13. The zero-order chi connectivity index (χ0) is 19.2. The molecular formula is C24H45N. The first-order valence-electron chi connectivity index (χ1n) is 10.8. The molecule has 2 saturated heterocycles. The highest BCUT2D eigenvalue weighted by Crippen LogP contribution is 2.69. The normalized spacial score (nSPS) is 43.3. The molecule has 0 aromatic carbocycles. The van der Waals surface area contributed by atoms with Crippen molar-refractivity contribution < 1.29 is 0 Å². The Morgan fingerprint density at radius 2 is 1.44 bits per heavy atom. The van der Waals surface area contributed by atoms with E-state index in [1.807, 2.05) is 0 Å². The van der Waals surface area contributed by atoms with E-state index in [1.54, 1.807) is 0 Å². The first kappa shape index (κ1) is 19.7. The van der Waals surface area contributed by atoms with Gasteiger partial charge in [-0.25, -0.2) is 0 Å². The van der Waals surface area contributed by atoms with E-state index in [1.165, 1.54) is 25.7 Å². The van der Waals surface area contributed by atoms with Crippen molar-refractivity contribution in [3.63, 3.8) is 0 Å². The van der Waals surface area contributed by atoms with Gasteiger partial charge in [-0.2, -0.15) is 0 Å². The van der Waals surface area contributed by atoms with E-state index >= 15 is 0 Å². The molecule has 3 aliphatic rings. The van der Waals surface area contributed by atoms with Crippen molar-refractivity contribution in [3.05, 3.63) is 0 Å². The molecule has 0 bridgehead atoms. The minimum absolute atomic E-state index is 0.318. The van der Waals surface area contributed by atoms with Crippen LogP contribution in [0.4, 0.5) is 0 Å². The topological polar surface area (TPSA) is 3.24 Å². The highest BCUT2D eigenvalue weighted by molar-refractivity contribution is 5.28. The Hall–Kier alpha value is -0.0400. The molecule has 1 heteroatoms. The van der Waals surface area contributed by atoms with Crippen molar-refractivity contribution in [2.75, 3.05) is 0 Å². The fourth-order valence-electron chi connectivity index (χ4n) is 8.13. The quantitative estimate of drug-likeness (QED) is 0.533. The van der Waals surface area contributed by atoms with Gasteiger partial charge in [0.2, 0.25) is 0 Å². The Kier molecular flexibility index (Phi) is 4.16. The molecule has 2 heterocycles. The van der Waals surface area contributed by atoms with Gasteiger partial charge in [0.1, 0.15) is 0 Å². The molecule has 5 atom stereocenters. The largest absolute Gasteiger partial charge is 0.289 e. The second kappa shape index (κ2) is 5.27. The molecule has 0 aromatic heterocycles. The van der Waals surface area contributed by atoms with E-state index in [9.17, 15) is 0 Å². The highest BCUT2D eigenvalue weighted by atomic mass is 15.4. The third-order valence-electron chi connectivity index (χ3n) is 8.19. The van der Waals surface area contributed by atoms with Crippen LogP contribution in [0.2, 0.25) is 0 Å². The van der Waals surface area contributed by atoms with Gasteiger partial charge < -0.3 is 0 Å². The summed E-state index contributed by atoms with van der Waals surface area (Å²) in [7, 11) is 0. The maximum atomic E-state index is 2.96. The lowest BCUT2D eigenvalue weighted by molar-refractivity contribution is -0.142. The third-order valence-corrected chi connectivity index (χ3v) is 8.19. The van der Waals surface area contributed by atoms with Gasteiger partial charge in [0, 0.05) is 17.1 Å². The van der Waals surface area contributed by atoms with Crippen LogP contribution in [-0.2, 0) is 0 Å². The molecule has 3 rings (SSSR count). The second-order valence-electron chi connectivity index (χ2n) is 13.5. The smallest absolute Gasteiger partial charge is 0.0237 e. The molecule has 1 aliphatic carbocycles. The Balaban J connectivity index is 1.95. The van der Waals surface area contributed by atoms with Crippen LogP contribution >= 0.6 is 0 Å². The standard InChI is InChI=1S/C24H45N/c1-16-12-21(5,6)18(22(7,8)15-20(2,3)4)14-23(9,10)25-19(16)17-13-24(17,25)11/h16-19H,12-15H2,1-11H3. The monoisotopic (exact) mass is 347 g/mol. The van der Waals surface area contributed by atoms with E-state index in [-0.39, 0.29) is 0 Å². The Morgan fingerprint density at radius 1 is 0.880 bits per heavy atom. The van der Waals surface area contributed by atoms with Gasteiger partial charge in [0.25, 0.3) is 0 Å². The van der Waals surface area contributed by atoms with Gasteiger partial charge in [-0.15, -0.1) is 0 Å². The van der Waals surface area contributed by atoms with E-state index in [0.717, 1.165) is 23.8 Å². The Labute approximate surface area is 158 Å². The summed E-state index contributed by atoms with van der Waals surface area (Å²) in [5, 5.41) is 0. The van der Waals surface area contributed by atoms with Crippen molar-refractivity contribution >= 4 is 0 Å². The minimum Gasteiger partial charge on any atom is -0.289 e. The molecule has 0 aromatic rings. The summed E-state index contributed by atoms with van der Waals surface area (Å²) in [5.74, 6) is 2.57. The number of hydrogen-bond donors (Lipinski definition) is 0. The molecule has 0 N–H and O–H groups in total. The van der Waals surface area contributed by atoms with Gasteiger partial charge in [0.15, 0.2) is 0 Å². The average Bonchev–Trinajstić information content (AvgIpc) is 2.87. The summed E-state index contributed by atoms with van der Waals surface area (Å²) in [5.41, 5.74) is 2.03. The van der Waals surface area contributed by atoms with Crippen molar-refractivity contribution in [1.29, 1.82) is 0 Å². The minimum atomic E-state index is 0.318. The molecule has 1 nitrogen and oxygen atoms in total. The van der Waals surface area contributed by atoms with Crippen LogP contribution in [0.1, 0.15) is 102 Å². The molecule has 0 spiro atoms. The summed E-state index contributed by atoms with van der Waals surface area (Å²) >= 11 is 0. The predicted octanol–water partition coefficient (Wildman–Crippen LogP) is 6.76. The van der Waals surface area contributed by atoms with E-state index in [4.69, 9.17) is 0 Å². The van der Waals surface area contributed by atoms with Crippen molar-refractivity contribution in [3.8, 4) is 0 Å². The average molecular weight is 348 g/mol. The highest BCUT2D eigenvalue weighted by Gasteiger charge is 2.74. The van der Waals surface area contributed by atoms with E-state index in [0.29, 0.717) is 27.3 Å². The predicted molar refractivity (Wildman–Crippen MR) is 110 cm³/mol. The lowest BCUT2D eigenvalue weighted by Gasteiger charge is -2.63. The van der Waals surface area contributed by atoms with Crippen LogP contribution in [0.15, 0.2) is 0 Å². The van der Waals surface area contributed by atoms with Gasteiger partial charge in [0.05, 0.1) is 0 Å². The first-order chi connectivity index (χ1) is 11.0. The van der Waals surface area contributed by atoms with Crippen molar-refractivity contribution in [1.82, 2.24) is 4.90 Å². The van der Waals surface area contributed by atoms with Crippen LogP contribution in [0.3, 0.4) is 0 Å². The van der Waals surface area contributed by atoms with Gasteiger partial charge in [-0.1, -0.05) is 55.4 Å². The van der Waals surface area contributed by atoms with Crippen molar-refractivity contribution in [2.24, 2.45) is 34.0 Å². The molecule has 1 saturated carbocycles. The second-order valence-corrected chi connectivity index (χ2v) is 13.5. The van der Waals surface area contributed by atoms with Gasteiger partial charge in [-0.05, 0) is 80.5 Å². The Bertz CT molecular complexity index is 535. The number of rotatable bonds is 2. The van der Waals surface area contributed by atoms with E-state index in [2.05, 4.69) is 81.1 Å². The summed E-state index contributed by atoms with van der Waals surface area (Å²) in [6, 6.07) is 0.839. The maximum absolute atomic E-state index is 2.96. The number of nitrogens with zero attached hydrogens (tertiary/aromatic N) is 1. The van der Waals surface area contributed by atoms with Crippen LogP contribution in [-0.4, -0.2) is 22.0 Å². The zero-order valence-electron chi connectivity index (χ0n) is 19.1.